The van der Waals surface area contributed by atoms with Gasteiger partial charge < -0.3 is 11.1 Å². The summed E-state index contributed by atoms with van der Waals surface area (Å²) in [4.78, 5) is 16.4. The molecular formula is C13H19N3OS. The molecule has 1 unspecified atom stereocenters. The first-order valence-corrected chi connectivity index (χ1v) is 6.40. The summed E-state index contributed by atoms with van der Waals surface area (Å²) in [5.74, 6) is -0.394. The maximum absolute atomic E-state index is 11.9. The van der Waals surface area contributed by atoms with E-state index in [9.17, 15) is 4.79 Å². The molecule has 3 N–H and O–H groups in total. The largest absolute Gasteiger partial charge is 0.393 e. The predicted octanol–water partition coefficient (Wildman–Crippen LogP) is 1.30. The van der Waals surface area contributed by atoms with Crippen LogP contribution in [0.3, 0.4) is 0 Å². The van der Waals surface area contributed by atoms with Gasteiger partial charge in [-0.3, -0.25) is 9.78 Å². The second-order valence-electron chi connectivity index (χ2n) is 4.49. The van der Waals surface area contributed by atoms with Crippen LogP contribution in [0.4, 0.5) is 0 Å². The minimum Gasteiger partial charge on any atom is -0.393 e. The second-order valence-corrected chi connectivity index (χ2v) is 4.96. The Bertz CT molecular complexity index is 406. The molecule has 1 aromatic heterocycles. The van der Waals surface area contributed by atoms with Crippen LogP contribution in [-0.4, -0.2) is 22.4 Å². The molecule has 0 spiro atoms. The van der Waals surface area contributed by atoms with Crippen molar-refractivity contribution < 1.29 is 4.79 Å². The van der Waals surface area contributed by atoms with E-state index in [1.165, 1.54) is 0 Å². The van der Waals surface area contributed by atoms with E-state index in [-0.39, 0.29) is 16.8 Å². The lowest BCUT2D eigenvalue weighted by Crippen LogP contribution is -2.41. The van der Waals surface area contributed by atoms with E-state index in [0.717, 1.165) is 5.69 Å². The average molecular weight is 265 g/mol. The Balaban J connectivity index is 2.43. The smallest absolute Gasteiger partial charge is 0.230 e. The summed E-state index contributed by atoms with van der Waals surface area (Å²) in [6.07, 6.45) is 2.44. The Morgan fingerprint density at radius 2 is 2.22 bits per heavy atom. The molecule has 0 aromatic carbocycles. The molecular weight excluding hydrogens is 246 g/mol. The molecule has 0 saturated heterocycles. The summed E-state index contributed by atoms with van der Waals surface area (Å²) in [7, 11) is 0. The van der Waals surface area contributed by atoms with Crippen LogP contribution in [0.2, 0.25) is 0 Å². The number of carbonyl (C=O) groups is 1. The molecule has 0 saturated carbocycles. The number of nitrogens with one attached hydrogen (secondary N) is 1. The molecule has 0 radical (unpaired) electrons. The number of hydrogen-bond acceptors (Lipinski definition) is 3. The Morgan fingerprint density at radius 1 is 1.50 bits per heavy atom. The van der Waals surface area contributed by atoms with E-state index in [1.807, 2.05) is 32.0 Å². The van der Waals surface area contributed by atoms with Gasteiger partial charge in [0.2, 0.25) is 5.91 Å². The maximum Gasteiger partial charge on any atom is 0.230 e. The zero-order valence-corrected chi connectivity index (χ0v) is 11.5. The van der Waals surface area contributed by atoms with Crippen molar-refractivity contribution in [2.45, 2.75) is 20.3 Å². The van der Waals surface area contributed by atoms with Gasteiger partial charge >= 0.3 is 0 Å². The number of carbonyl (C=O) groups excluding carboxylic acids is 1. The van der Waals surface area contributed by atoms with Crippen LogP contribution in [-0.2, 0) is 11.2 Å². The van der Waals surface area contributed by atoms with Crippen LogP contribution >= 0.6 is 12.2 Å². The summed E-state index contributed by atoms with van der Waals surface area (Å²) in [5.41, 5.74) is 6.53. The average Bonchev–Trinajstić information content (AvgIpc) is 2.29. The summed E-state index contributed by atoms with van der Waals surface area (Å²) in [5, 5.41) is 2.85. The van der Waals surface area contributed by atoms with E-state index >= 15 is 0 Å². The highest BCUT2D eigenvalue weighted by molar-refractivity contribution is 7.80. The van der Waals surface area contributed by atoms with E-state index < -0.39 is 5.92 Å². The molecule has 1 atom stereocenters. The van der Waals surface area contributed by atoms with Crippen molar-refractivity contribution in [1.82, 2.24) is 10.3 Å². The fraction of sp³-hybridized carbons (Fsp3) is 0.462. The van der Waals surface area contributed by atoms with E-state index in [0.29, 0.717) is 13.0 Å². The molecule has 0 aliphatic carbocycles. The van der Waals surface area contributed by atoms with Crippen molar-refractivity contribution >= 4 is 23.1 Å². The summed E-state index contributed by atoms with van der Waals surface area (Å²) < 4.78 is 0. The van der Waals surface area contributed by atoms with Crippen LogP contribution in [0.5, 0.6) is 0 Å². The third-order valence-electron chi connectivity index (χ3n) is 2.66. The predicted molar refractivity (Wildman–Crippen MR) is 76.1 cm³/mol. The van der Waals surface area contributed by atoms with Gasteiger partial charge in [0.25, 0.3) is 0 Å². The van der Waals surface area contributed by atoms with E-state index in [1.54, 1.807) is 6.20 Å². The Hall–Kier alpha value is -1.49. The number of thiocarbonyl (C=S) groups is 1. The third kappa shape index (κ3) is 4.41. The molecule has 0 aliphatic rings. The number of pyridine rings is 1. The van der Waals surface area contributed by atoms with Gasteiger partial charge in [-0.15, -0.1) is 0 Å². The van der Waals surface area contributed by atoms with Gasteiger partial charge in [-0.25, -0.2) is 0 Å². The van der Waals surface area contributed by atoms with Crippen LogP contribution in [0.15, 0.2) is 24.4 Å². The highest BCUT2D eigenvalue weighted by atomic mass is 32.1. The number of nitrogens with two attached hydrogens (primary N) is 1. The SMILES string of the molecule is CC(C)C(C(=O)NCCc1ccccn1)C(N)=S. The molecule has 1 rings (SSSR count). The molecule has 0 bridgehead atoms. The van der Waals surface area contributed by atoms with Gasteiger partial charge in [-0.2, -0.15) is 0 Å². The fourth-order valence-corrected chi connectivity index (χ4v) is 2.11. The monoisotopic (exact) mass is 265 g/mol. The standard InChI is InChI=1S/C13H19N3OS/c1-9(2)11(12(14)18)13(17)16-8-6-10-5-3-4-7-15-10/h3-5,7,9,11H,6,8H2,1-2H3,(H2,14,18)(H,16,17). The molecule has 1 heterocycles. The molecule has 1 aromatic rings. The molecule has 18 heavy (non-hydrogen) atoms. The van der Waals surface area contributed by atoms with E-state index in [2.05, 4.69) is 10.3 Å². The summed E-state index contributed by atoms with van der Waals surface area (Å²) in [6, 6.07) is 5.72. The molecule has 1 amide bonds. The lowest BCUT2D eigenvalue weighted by Gasteiger charge is -2.18. The second kappa shape index (κ2) is 7.06. The van der Waals surface area contributed by atoms with Gasteiger partial charge in [0.1, 0.15) is 0 Å². The zero-order chi connectivity index (χ0) is 13.5. The highest BCUT2D eigenvalue weighted by Gasteiger charge is 2.24. The number of hydrogen-bond donors (Lipinski definition) is 2. The van der Waals surface area contributed by atoms with Crippen molar-refractivity contribution in [2.24, 2.45) is 17.6 Å². The van der Waals surface area contributed by atoms with Gasteiger partial charge in [-0.1, -0.05) is 32.1 Å². The van der Waals surface area contributed by atoms with Crippen molar-refractivity contribution in [3.63, 3.8) is 0 Å². The normalized spacial score (nSPS) is 12.2. The first-order valence-electron chi connectivity index (χ1n) is 5.99. The number of amides is 1. The van der Waals surface area contributed by atoms with Crippen LogP contribution < -0.4 is 11.1 Å². The van der Waals surface area contributed by atoms with Crippen molar-refractivity contribution in [3.05, 3.63) is 30.1 Å². The Morgan fingerprint density at radius 3 is 2.72 bits per heavy atom. The Kier molecular flexibility index (Phi) is 5.71. The van der Waals surface area contributed by atoms with Crippen molar-refractivity contribution in [3.8, 4) is 0 Å². The molecule has 98 valence electrons. The fourth-order valence-electron chi connectivity index (χ4n) is 1.73. The van der Waals surface area contributed by atoms with Crippen molar-refractivity contribution in [2.75, 3.05) is 6.54 Å². The van der Waals surface area contributed by atoms with Crippen molar-refractivity contribution in [1.29, 1.82) is 0 Å². The lowest BCUT2D eigenvalue weighted by atomic mass is 9.95. The topological polar surface area (TPSA) is 68.0 Å². The zero-order valence-electron chi connectivity index (χ0n) is 10.7. The van der Waals surface area contributed by atoms with Gasteiger partial charge in [-0.05, 0) is 18.1 Å². The first-order chi connectivity index (χ1) is 8.52. The van der Waals surface area contributed by atoms with Gasteiger partial charge in [0.15, 0.2) is 0 Å². The highest BCUT2D eigenvalue weighted by Crippen LogP contribution is 2.11. The minimum absolute atomic E-state index is 0.103. The first kappa shape index (κ1) is 14.6. The maximum atomic E-state index is 11.9. The third-order valence-corrected chi connectivity index (χ3v) is 2.92. The summed E-state index contributed by atoms with van der Waals surface area (Å²) >= 11 is 4.92. The van der Waals surface area contributed by atoms with Gasteiger partial charge in [0, 0.05) is 24.9 Å². The van der Waals surface area contributed by atoms with Crippen LogP contribution in [0.1, 0.15) is 19.5 Å². The quantitative estimate of drug-likeness (QED) is 0.761. The number of rotatable bonds is 6. The Labute approximate surface area is 113 Å². The molecule has 4 nitrogen and oxygen atoms in total. The lowest BCUT2D eigenvalue weighted by molar-refractivity contribution is -0.123. The molecule has 0 fully saturated rings. The number of aromatic nitrogens is 1. The molecule has 0 aliphatic heterocycles. The van der Waals surface area contributed by atoms with E-state index in [4.69, 9.17) is 18.0 Å². The minimum atomic E-state index is -0.399. The molecule has 5 heteroatoms. The van der Waals surface area contributed by atoms with Crippen LogP contribution in [0, 0.1) is 11.8 Å². The van der Waals surface area contributed by atoms with Crippen LogP contribution in [0.25, 0.3) is 0 Å². The number of nitrogens with zero attached hydrogens (tertiary/aromatic N) is 1. The summed E-state index contributed by atoms with van der Waals surface area (Å²) in [6.45, 7) is 4.41. The van der Waals surface area contributed by atoms with Gasteiger partial charge in [0.05, 0.1) is 10.9 Å².